The summed E-state index contributed by atoms with van der Waals surface area (Å²) in [5.41, 5.74) is 4.14. The van der Waals surface area contributed by atoms with E-state index in [0.29, 0.717) is 22.4 Å². The Morgan fingerprint density at radius 3 is 2.59 bits per heavy atom. The molecule has 10 heteroatoms. The molecule has 2 atom stereocenters. The van der Waals surface area contributed by atoms with Crippen molar-refractivity contribution in [3.05, 3.63) is 102 Å². The van der Waals surface area contributed by atoms with Gasteiger partial charge in [-0.3, -0.25) is 9.78 Å². The molecule has 39 heavy (non-hydrogen) atoms. The minimum absolute atomic E-state index is 0.0609. The maximum absolute atomic E-state index is 12.0. The lowest BCUT2D eigenvalue weighted by molar-refractivity contribution is -0.119. The van der Waals surface area contributed by atoms with Gasteiger partial charge in [0.1, 0.15) is 18.4 Å². The highest BCUT2D eigenvalue weighted by Gasteiger charge is 2.42. The minimum atomic E-state index is -0.285. The van der Waals surface area contributed by atoms with Crippen molar-refractivity contribution in [2.24, 2.45) is 0 Å². The standard InChI is InChI=1S/C29H28ClN5O3S/c1-3-38-21-12-9-19(10-13-21)34-16-6-8-25(34)28-27(24-7-4-5-15-31-24)33-29(39)35(28)20-11-14-23(22(30)17-20)32-26(36)18-37-2/h4-17,27-28H,3,18H2,1-2H3,(H,32,36)(H,33,39)/t27-,28+/m0/s1. The lowest BCUT2D eigenvalue weighted by atomic mass is 10.0. The summed E-state index contributed by atoms with van der Waals surface area (Å²) in [6.45, 7) is 2.51. The normalized spacial score (nSPS) is 16.7. The van der Waals surface area contributed by atoms with Gasteiger partial charge in [-0.25, -0.2) is 0 Å². The Kier molecular flexibility index (Phi) is 8.11. The van der Waals surface area contributed by atoms with Gasteiger partial charge in [-0.15, -0.1) is 0 Å². The lowest BCUT2D eigenvalue weighted by Gasteiger charge is -2.29. The largest absolute Gasteiger partial charge is 0.494 e. The van der Waals surface area contributed by atoms with Gasteiger partial charge < -0.3 is 29.6 Å². The third-order valence-corrected chi connectivity index (χ3v) is 7.01. The fraction of sp³-hybridized carbons (Fsp3) is 0.207. The Labute approximate surface area is 237 Å². The van der Waals surface area contributed by atoms with Gasteiger partial charge in [0, 0.05) is 36.6 Å². The number of rotatable bonds is 9. The van der Waals surface area contributed by atoms with Crippen LogP contribution in [0.4, 0.5) is 11.4 Å². The van der Waals surface area contributed by atoms with Crippen LogP contribution in [0.5, 0.6) is 5.75 Å². The zero-order valence-electron chi connectivity index (χ0n) is 21.5. The van der Waals surface area contributed by atoms with Crippen molar-refractivity contribution in [1.29, 1.82) is 0 Å². The molecule has 1 aliphatic heterocycles. The number of nitrogens with zero attached hydrogens (tertiary/aromatic N) is 3. The first kappa shape index (κ1) is 26.7. The second kappa shape index (κ2) is 11.9. The summed E-state index contributed by atoms with van der Waals surface area (Å²) >= 11 is 12.5. The number of pyridine rings is 1. The lowest BCUT2D eigenvalue weighted by Crippen LogP contribution is -2.30. The Hall–Kier alpha value is -3.92. The van der Waals surface area contributed by atoms with Gasteiger partial charge in [-0.2, -0.15) is 0 Å². The predicted octanol–water partition coefficient (Wildman–Crippen LogP) is 5.69. The average Bonchev–Trinajstić information content (AvgIpc) is 3.55. The Balaban J connectivity index is 1.56. The van der Waals surface area contributed by atoms with Gasteiger partial charge in [-0.1, -0.05) is 17.7 Å². The Bertz CT molecular complexity index is 1460. The average molecular weight is 562 g/mol. The molecule has 8 nitrogen and oxygen atoms in total. The zero-order valence-corrected chi connectivity index (χ0v) is 23.1. The topological polar surface area (TPSA) is 80.7 Å². The van der Waals surface area contributed by atoms with E-state index in [9.17, 15) is 4.79 Å². The molecule has 2 N–H and O–H groups in total. The molecule has 3 heterocycles. The molecule has 0 spiro atoms. The summed E-state index contributed by atoms with van der Waals surface area (Å²) in [5.74, 6) is 0.533. The molecule has 0 radical (unpaired) electrons. The highest BCUT2D eigenvalue weighted by atomic mass is 35.5. The number of methoxy groups -OCH3 is 1. The predicted molar refractivity (Wildman–Crippen MR) is 157 cm³/mol. The van der Waals surface area contributed by atoms with Crippen molar-refractivity contribution in [1.82, 2.24) is 14.9 Å². The summed E-state index contributed by atoms with van der Waals surface area (Å²) in [6.07, 6.45) is 3.81. The molecule has 2 aromatic heterocycles. The van der Waals surface area contributed by atoms with Crippen LogP contribution >= 0.6 is 23.8 Å². The molecule has 5 rings (SSSR count). The SMILES string of the molecule is CCOc1ccc(-n2cccc2[C@@H]2[C@H](c3ccccn3)NC(=S)N2c2ccc(NC(=O)COC)c(Cl)c2)cc1. The smallest absolute Gasteiger partial charge is 0.250 e. The van der Waals surface area contributed by atoms with Crippen LogP contribution in [0.2, 0.25) is 5.02 Å². The van der Waals surface area contributed by atoms with E-state index in [1.807, 2.05) is 72.6 Å². The van der Waals surface area contributed by atoms with Crippen molar-refractivity contribution in [2.75, 3.05) is 30.5 Å². The molecule has 1 aliphatic rings. The fourth-order valence-corrected chi connectivity index (χ4v) is 5.31. The van der Waals surface area contributed by atoms with Crippen molar-refractivity contribution in [2.45, 2.75) is 19.0 Å². The number of benzene rings is 2. The van der Waals surface area contributed by atoms with Gasteiger partial charge >= 0.3 is 0 Å². The van der Waals surface area contributed by atoms with E-state index in [0.717, 1.165) is 28.5 Å². The van der Waals surface area contributed by atoms with Crippen LogP contribution in [-0.4, -0.2) is 40.9 Å². The van der Waals surface area contributed by atoms with E-state index in [-0.39, 0.29) is 24.6 Å². The molecule has 0 unspecified atom stereocenters. The van der Waals surface area contributed by atoms with E-state index in [4.69, 9.17) is 33.3 Å². The number of carbonyl (C=O) groups excluding carboxylic acids is 1. The zero-order chi connectivity index (χ0) is 27.4. The summed E-state index contributed by atoms with van der Waals surface area (Å²) in [6, 6.07) is 22.9. The molecule has 0 bridgehead atoms. The fourth-order valence-electron chi connectivity index (χ4n) is 4.75. The molecule has 0 saturated carbocycles. The molecular formula is C29H28ClN5O3S. The van der Waals surface area contributed by atoms with Crippen LogP contribution in [0.25, 0.3) is 5.69 Å². The first-order chi connectivity index (χ1) is 19.0. The van der Waals surface area contributed by atoms with Crippen molar-refractivity contribution in [3.63, 3.8) is 0 Å². The second-order valence-corrected chi connectivity index (χ2v) is 9.67. The Morgan fingerprint density at radius 2 is 1.90 bits per heavy atom. The number of nitrogens with one attached hydrogen (secondary N) is 2. The van der Waals surface area contributed by atoms with E-state index in [2.05, 4.69) is 26.3 Å². The summed E-state index contributed by atoms with van der Waals surface area (Å²) in [4.78, 5) is 18.7. The third-order valence-electron chi connectivity index (χ3n) is 6.39. The van der Waals surface area contributed by atoms with Crippen LogP contribution < -0.4 is 20.3 Å². The van der Waals surface area contributed by atoms with Crippen molar-refractivity contribution >= 4 is 46.2 Å². The number of amides is 1. The van der Waals surface area contributed by atoms with E-state index in [1.54, 1.807) is 18.3 Å². The van der Waals surface area contributed by atoms with E-state index >= 15 is 0 Å². The van der Waals surface area contributed by atoms with Gasteiger partial charge in [0.2, 0.25) is 5.91 Å². The molecule has 2 aromatic carbocycles. The minimum Gasteiger partial charge on any atom is -0.494 e. The van der Waals surface area contributed by atoms with Gasteiger partial charge in [0.15, 0.2) is 5.11 Å². The van der Waals surface area contributed by atoms with Crippen molar-refractivity contribution in [3.8, 4) is 11.4 Å². The van der Waals surface area contributed by atoms with Crippen LogP contribution in [0.3, 0.4) is 0 Å². The van der Waals surface area contributed by atoms with Crippen LogP contribution in [0, 0.1) is 0 Å². The van der Waals surface area contributed by atoms with E-state index < -0.39 is 0 Å². The molecule has 4 aromatic rings. The van der Waals surface area contributed by atoms with E-state index in [1.165, 1.54) is 7.11 Å². The first-order valence-electron chi connectivity index (χ1n) is 12.5. The summed E-state index contributed by atoms with van der Waals surface area (Å²) in [7, 11) is 1.47. The molecule has 1 fully saturated rings. The number of carbonyl (C=O) groups is 1. The third kappa shape index (κ3) is 5.61. The number of hydrogen-bond acceptors (Lipinski definition) is 5. The van der Waals surface area contributed by atoms with Crippen LogP contribution in [0.15, 0.2) is 85.2 Å². The highest BCUT2D eigenvalue weighted by Crippen LogP contribution is 2.43. The molecule has 0 aliphatic carbocycles. The van der Waals surface area contributed by atoms with Gasteiger partial charge in [0.25, 0.3) is 0 Å². The van der Waals surface area contributed by atoms with Crippen LogP contribution in [-0.2, 0) is 9.53 Å². The quantitative estimate of drug-likeness (QED) is 0.254. The summed E-state index contributed by atoms with van der Waals surface area (Å²) in [5, 5.41) is 7.18. The number of anilines is 2. The monoisotopic (exact) mass is 561 g/mol. The maximum Gasteiger partial charge on any atom is 0.250 e. The van der Waals surface area contributed by atoms with Gasteiger partial charge in [-0.05, 0) is 85.9 Å². The highest BCUT2D eigenvalue weighted by molar-refractivity contribution is 7.80. The maximum atomic E-state index is 12.0. The van der Waals surface area contributed by atoms with Crippen LogP contribution in [0.1, 0.15) is 30.4 Å². The van der Waals surface area contributed by atoms with Gasteiger partial charge in [0.05, 0.1) is 29.1 Å². The summed E-state index contributed by atoms with van der Waals surface area (Å²) < 4.78 is 12.7. The Morgan fingerprint density at radius 1 is 1.10 bits per heavy atom. The second-order valence-electron chi connectivity index (χ2n) is 8.87. The molecule has 200 valence electrons. The molecule has 1 amide bonds. The number of thiocarbonyl (C=S) groups is 1. The number of hydrogen-bond donors (Lipinski definition) is 2. The number of halogens is 1. The van der Waals surface area contributed by atoms with Crippen molar-refractivity contribution < 1.29 is 14.3 Å². The number of aromatic nitrogens is 2. The molecule has 1 saturated heterocycles. The first-order valence-corrected chi connectivity index (χ1v) is 13.3. The number of ether oxygens (including phenoxy) is 2. The molecular weight excluding hydrogens is 534 g/mol.